The number of carbonyl (C=O) groups excluding carboxylic acids is 1. The van der Waals surface area contributed by atoms with Crippen molar-refractivity contribution in [3.05, 3.63) is 29.6 Å². The molecule has 1 aliphatic carbocycles. The molecule has 1 saturated carbocycles. The molecular formula is C13H13F3N2O3. The van der Waals surface area contributed by atoms with Gasteiger partial charge in [0.15, 0.2) is 11.6 Å². The summed E-state index contributed by atoms with van der Waals surface area (Å²) < 4.78 is 39.5. The summed E-state index contributed by atoms with van der Waals surface area (Å²) in [5.41, 5.74) is -2.35. The lowest BCUT2D eigenvalue weighted by molar-refractivity contribution is -0.144. The second kappa shape index (κ2) is 5.27. The maximum absolute atomic E-state index is 13.4. The Morgan fingerprint density at radius 3 is 2.19 bits per heavy atom. The summed E-state index contributed by atoms with van der Waals surface area (Å²) in [4.78, 5) is 23.0. The van der Waals surface area contributed by atoms with Crippen molar-refractivity contribution in [3.8, 4) is 0 Å². The summed E-state index contributed by atoms with van der Waals surface area (Å²) in [6, 6.07) is -0.248. The van der Waals surface area contributed by atoms with Gasteiger partial charge in [-0.15, -0.1) is 0 Å². The van der Waals surface area contributed by atoms with Crippen LogP contribution in [0.2, 0.25) is 0 Å². The van der Waals surface area contributed by atoms with E-state index in [1.165, 1.54) is 6.92 Å². The number of anilines is 1. The Kier molecular flexibility index (Phi) is 3.80. The zero-order valence-electron chi connectivity index (χ0n) is 11.0. The normalized spacial score (nSPS) is 17.0. The molecule has 5 nitrogen and oxygen atoms in total. The van der Waals surface area contributed by atoms with Gasteiger partial charge in [-0.1, -0.05) is 0 Å². The molecule has 3 N–H and O–H groups in total. The van der Waals surface area contributed by atoms with Crippen molar-refractivity contribution in [1.82, 2.24) is 5.32 Å². The monoisotopic (exact) mass is 302 g/mol. The Labute approximate surface area is 118 Å². The summed E-state index contributed by atoms with van der Waals surface area (Å²) in [6.07, 6.45) is 1.28. The lowest BCUT2D eigenvalue weighted by Gasteiger charge is -2.26. The van der Waals surface area contributed by atoms with Gasteiger partial charge in [0.25, 0.3) is 0 Å². The molecule has 1 fully saturated rings. The van der Waals surface area contributed by atoms with Gasteiger partial charge in [0, 0.05) is 12.1 Å². The first-order valence-electron chi connectivity index (χ1n) is 6.21. The first-order chi connectivity index (χ1) is 9.74. The van der Waals surface area contributed by atoms with Gasteiger partial charge < -0.3 is 15.7 Å². The number of carboxylic acids is 1. The molecule has 2 rings (SSSR count). The lowest BCUT2D eigenvalue weighted by Crippen LogP contribution is -2.55. The number of carbonyl (C=O) groups is 2. The molecule has 0 aliphatic heterocycles. The number of hydrogen-bond acceptors (Lipinski definition) is 2. The highest BCUT2D eigenvalue weighted by Gasteiger charge is 2.48. The number of rotatable bonds is 4. The van der Waals surface area contributed by atoms with Gasteiger partial charge in [-0.2, -0.15) is 0 Å². The number of urea groups is 1. The number of amides is 2. The molecule has 8 heteroatoms. The fourth-order valence-electron chi connectivity index (χ4n) is 2.03. The fourth-order valence-corrected chi connectivity index (χ4v) is 2.03. The average molecular weight is 302 g/mol. The van der Waals surface area contributed by atoms with Crippen molar-refractivity contribution in [2.75, 3.05) is 5.32 Å². The van der Waals surface area contributed by atoms with Crippen molar-refractivity contribution in [1.29, 1.82) is 0 Å². The van der Waals surface area contributed by atoms with Crippen LogP contribution < -0.4 is 10.6 Å². The van der Waals surface area contributed by atoms with E-state index in [0.29, 0.717) is 25.0 Å². The molecule has 1 aromatic carbocycles. The first kappa shape index (κ1) is 15.1. The van der Waals surface area contributed by atoms with Gasteiger partial charge in [0.1, 0.15) is 17.0 Å². The van der Waals surface area contributed by atoms with Crippen LogP contribution in [0, 0.1) is 23.4 Å². The van der Waals surface area contributed by atoms with Gasteiger partial charge >= 0.3 is 12.0 Å². The van der Waals surface area contributed by atoms with Crippen LogP contribution in [0.5, 0.6) is 0 Å². The number of carboxylic acid groups (broad SMARTS) is 1. The highest BCUT2D eigenvalue weighted by molar-refractivity contribution is 5.94. The van der Waals surface area contributed by atoms with E-state index in [1.807, 2.05) is 5.32 Å². The van der Waals surface area contributed by atoms with Crippen LogP contribution in [0.1, 0.15) is 19.8 Å². The maximum atomic E-state index is 13.4. The Balaban J connectivity index is 2.13. The minimum Gasteiger partial charge on any atom is -0.480 e. The summed E-state index contributed by atoms with van der Waals surface area (Å²) in [7, 11) is 0. The van der Waals surface area contributed by atoms with Gasteiger partial charge in [-0.05, 0) is 25.7 Å². The van der Waals surface area contributed by atoms with E-state index in [4.69, 9.17) is 5.11 Å². The van der Waals surface area contributed by atoms with E-state index >= 15 is 0 Å². The molecule has 1 aliphatic rings. The highest BCUT2D eigenvalue weighted by Crippen LogP contribution is 2.39. The number of aliphatic carboxylic acids is 1. The molecule has 0 aromatic heterocycles. The van der Waals surface area contributed by atoms with Crippen molar-refractivity contribution in [2.45, 2.75) is 25.3 Å². The largest absolute Gasteiger partial charge is 0.480 e. The summed E-state index contributed by atoms with van der Waals surface area (Å²) in [6.45, 7) is 1.32. The number of nitrogens with one attached hydrogen (secondary N) is 2. The summed E-state index contributed by atoms with van der Waals surface area (Å²) in [5, 5.41) is 13.2. The van der Waals surface area contributed by atoms with Crippen LogP contribution in [0.25, 0.3) is 0 Å². The number of hydrogen-bond donors (Lipinski definition) is 3. The Morgan fingerprint density at radius 1 is 1.24 bits per heavy atom. The van der Waals surface area contributed by atoms with Crippen molar-refractivity contribution in [3.63, 3.8) is 0 Å². The molecule has 0 heterocycles. The first-order valence-corrected chi connectivity index (χ1v) is 6.21. The number of halogens is 3. The molecule has 114 valence electrons. The smallest absolute Gasteiger partial charge is 0.329 e. The second-order valence-electron chi connectivity index (χ2n) is 5.11. The predicted molar refractivity (Wildman–Crippen MR) is 67.2 cm³/mol. The Morgan fingerprint density at radius 2 is 1.76 bits per heavy atom. The van der Waals surface area contributed by atoms with E-state index in [0.717, 1.165) is 0 Å². The van der Waals surface area contributed by atoms with Crippen molar-refractivity contribution < 1.29 is 27.9 Å². The van der Waals surface area contributed by atoms with Crippen LogP contribution in [0.3, 0.4) is 0 Å². The van der Waals surface area contributed by atoms with Gasteiger partial charge in [0.05, 0.1) is 0 Å². The zero-order valence-corrected chi connectivity index (χ0v) is 11.0. The van der Waals surface area contributed by atoms with E-state index < -0.39 is 40.7 Å². The fraction of sp³-hybridized carbons (Fsp3) is 0.385. The maximum Gasteiger partial charge on any atom is 0.329 e. The summed E-state index contributed by atoms with van der Waals surface area (Å²) in [5.74, 6) is -5.16. The van der Waals surface area contributed by atoms with Gasteiger partial charge in [-0.3, -0.25) is 0 Å². The Bertz CT molecular complexity index is 581. The molecule has 0 bridgehead atoms. The van der Waals surface area contributed by atoms with Crippen molar-refractivity contribution >= 4 is 17.7 Å². The third kappa shape index (κ3) is 3.09. The molecule has 21 heavy (non-hydrogen) atoms. The van der Waals surface area contributed by atoms with Crippen molar-refractivity contribution in [2.24, 2.45) is 5.92 Å². The average Bonchev–Trinajstić information content (AvgIpc) is 3.17. The second-order valence-corrected chi connectivity index (χ2v) is 5.11. The van der Waals surface area contributed by atoms with E-state index in [-0.39, 0.29) is 5.92 Å². The van der Waals surface area contributed by atoms with Crippen LogP contribution in [0.4, 0.5) is 23.7 Å². The van der Waals surface area contributed by atoms with Crippen LogP contribution in [0.15, 0.2) is 12.1 Å². The number of benzene rings is 1. The highest BCUT2D eigenvalue weighted by atomic mass is 19.1. The third-order valence-corrected chi connectivity index (χ3v) is 3.46. The molecule has 1 unspecified atom stereocenters. The molecule has 0 radical (unpaired) electrons. The standard InChI is InChI=1S/C13H13F3N2O3/c1-13(11(19)20,6-2-3-6)18-12(21)17-10-8(15)4-7(14)5-9(10)16/h4-6H,2-3H2,1H3,(H,19,20)(H2,17,18,21). The molecule has 1 aromatic rings. The van der Waals surface area contributed by atoms with Crippen LogP contribution in [-0.2, 0) is 4.79 Å². The molecule has 1 atom stereocenters. The molecule has 2 amide bonds. The third-order valence-electron chi connectivity index (χ3n) is 3.46. The molecule has 0 saturated heterocycles. The topological polar surface area (TPSA) is 78.4 Å². The van der Waals surface area contributed by atoms with Gasteiger partial charge in [-0.25, -0.2) is 22.8 Å². The molecule has 0 spiro atoms. The SMILES string of the molecule is CC(NC(=O)Nc1c(F)cc(F)cc1F)(C(=O)O)C1CC1. The Hall–Kier alpha value is -2.25. The zero-order chi connectivity index (χ0) is 15.8. The molecular weight excluding hydrogens is 289 g/mol. The van der Waals surface area contributed by atoms with Crippen LogP contribution >= 0.6 is 0 Å². The van der Waals surface area contributed by atoms with E-state index in [9.17, 15) is 22.8 Å². The lowest BCUT2D eigenvalue weighted by atomic mass is 9.96. The van der Waals surface area contributed by atoms with Gasteiger partial charge in [0.2, 0.25) is 0 Å². The van der Waals surface area contributed by atoms with Crippen LogP contribution in [-0.4, -0.2) is 22.6 Å². The quantitative estimate of drug-likeness (QED) is 0.799. The minimum absolute atomic E-state index is 0.233. The predicted octanol–water partition coefficient (Wildman–Crippen LogP) is 2.48. The van der Waals surface area contributed by atoms with E-state index in [1.54, 1.807) is 0 Å². The minimum atomic E-state index is -1.52. The van der Waals surface area contributed by atoms with E-state index in [2.05, 4.69) is 5.32 Å². The summed E-state index contributed by atoms with van der Waals surface area (Å²) >= 11 is 0.